The quantitative estimate of drug-likeness (QED) is 0.338. The molecule has 0 aromatic heterocycles. The summed E-state index contributed by atoms with van der Waals surface area (Å²) < 4.78 is 27.4. The average molecular weight is 451 g/mol. The van der Waals surface area contributed by atoms with Crippen LogP contribution >= 0.6 is 0 Å². The van der Waals surface area contributed by atoms with Crippen LogP contribution in [0.5, 0.6) is 5.75 Å². The number of amides is 1. The van der Waals surface area contributed by atoms with Gasteiger partial charge in [-0.25, -0.2) is 0 Å². The van der Waals surface area contributed by atoms with Crippen molar-refractivity contribution in [2.75, 3.05) is 6.61 Å². The van der Waals surface area contributed by atoms with Crippen LogP contribution in [0.1, 0.15) is 38.1 Å². The second kappa shape index (κ2) is 11.2. The van der Waals surface area contributed by atoms with E-state index >= 15 is 0 Å². The summed E-state index contributed by atoms with van der Waals surface area (Å²) in [5.74, 6) is -2.42. The molecule has 5 atom stereocenters. The third kappa shape index (κ3) is 6.77. The molecule has 1 aliphatic rings. The van der Waals surface area contributed by atoms with Crippen LogP contribution in [0.3, 0.4) is 0 Å². The second-order valence-electron chi connectivity index (χ2n) is 6.99. The maximum absolute atomic E-state index is 11.9. The van der Waals surface area contributed by atoms with Gasteiger partial charge in [0.05, 0.1) is 5.56 Å². The molecule has 1 heterocycles. The minimum atomic E-state index is -1.29. The third-order valence-electron chi connectivity index (χ3n) is 4.36. The highest BCUT2D eigenvalue weighted by Gasteiger charge is 2.52. The van der Waals surface area contributed by atoms with E-state index in [0.29, 0.717) is 6.29 Å². The predicted molar refractivity (Wildman–Crippen MR) is 106 cm³/mol. The monoisotopic (exact) mass is 451 g/mol. The topological polar surface area (TPSA) is 144 Å². The molecule has 174 valence electrons. The fourth-order valence-corrected chi connectivity index (χ4v) is 3.20. The molecule has 11 nitrogen and oxygen atoms in total. The Labute approximate surface area is 184 Å². The molecule has 0 aliphatic carbocycles. The zero-order chi connectivity index (χ0) is 23.8. The van der Waals surface area contributed by atoms with Crippen molar-refractivity contribution < 1.29 is 47.7 Å². The summed E-state index contributed by atoms with van der Waals surface area (Å²) in [5.41, 5.74) is 0.209. The Balaban J connectivity index is 2.49. The van der Waals surface area contributed by atoms with Gasteiger partial charge in [0.2, 0.25) is 12.2 Å². The van der Waals surface area contributed by atoms with E-state index in [9.17, 15) is 24.0 Å². The molecule has 2 rings (SSSR count). The molecule has 0 bridgehead atoms. The summed E-state index contributed by atoms with van der Waals surface area (Å²) in [6.07, 6.45) is -4.30. The number of para-hydroxylation sites is 1. The van der Waals surface area contributed by atoms with Gasteiger partial charge in [-0.2, -0.15) is 0 Å². The van der Waals surface area contributed by atoms with Crippen molar-refractivity contribution in [2.24, 2.45) is 0 Å². The number of rotatable bonds is 8. The number of benzene rings is 1. The van der Waals surface area contributed by atoms with Crippen LogP contribution in [0.25, 0.3) is 0 Å². The number of nitrogens with one attached hydrogen (secondary N) is 1. The standard InChI is InChI=1S/C21H25NO10/c1-11(24)22-18-20(30-14(4)27)19(29-13(3)26)17(10-28-12(2)25)32-21(18)31-16-8-6-5-7-15(16)9-23/h5-9,17-21H,10H2,1-4H3,(H,22,24)/t17-,18-,19+,20+,21+/m0/s1. The molecule has 0 spiro atoms. The first-order chi connectivity index (χ1) is 15.1. The second-order valence-corrected chi connectivity index (χ2v) is 6.99. The lowest BCUT2D eigenvalue weighted by molar-refractivity contribution is -0.257. The van der Waals surface area contributed by atoms with E-state index in [1.807, 2.05) is 0 Å². The molecule has 1 amide bonds. The average Bonchev–Trinajstić information content (AvgIpc) is 2.70. The van der Waals surface area contributed by atoms with Gasteiger partial charge in [-0.05, 0) is 12.1 Å². The maximum atomic E-state index is 11.9. The zero-order valence-electron chi connectivity index (χ0n) is 18.1. The van der Waals surface area contributed by atoms with E-state index in [1.165, 1.54) is 26.0 Å². The lowest BCUT2D eigenvalue weighted by Crippen LogP contribution is -2.67. The van der Waals surface area contributed by atoms with Crippen LogP contribution < -0.4 is 10.1 Å². The number of carbonyl (C=O) groups excluding carboxylic acids is 5. The normalized spacial score (nSPS) is 24.6. The fourth-order valence-electron chi connectivity index (χ4n) is 3.20. The van der Waals surface area contributed by atoms with Gasteiger partial charge in [-0.15, -0.1) is 0 Å². The number of hydrogen-bond donors (Lipinski definition) is 1. The van der Waals surface area contributed by atoms with Crippen molar-refractivity contribution in [2.45, 2.75) is 58.3 Å². The molecular formula is C21H25NO10. The maximum Gasteiger partial charge on any atom is 0.303 e. The Morgan fingerprint density at radius 1 is 0.969 bits per heavy atom. The van der Waals surface area contributed by atoms with Crippen molar-refractivity contribution in [1.82, 2.24) is 5.32 Å². The number of hydrogen-bond acceptors (Lipinski definition) is 10. The largest absolute Gasteiger partial charge is 0.463 e. The van der Waals surface area contributed by atoms with E-state index in [2.05, 4.69) is 5.32 Å². The number of carbonyl (C=O) groups is 5. The molecule has 0 radical (unpaired) electrons. The highest BCUT2D eigenvalue weighted by Crippen LogP contribution is 2.30. The lowest BCUT2D eigenvalue weighted by Gasteiger charge is -2.44. The molecule has 1 N–H and O–H groups in total. The number of aldehydes is 1. The molecule has 1 saturated heterocycles. The molecule has 1 aromatic rings. The Kier molecular flexibility index (Phi) is 8.71. The molecule has 0 saturated carbocycles. The molecule has 0 unspecified atom stereocenters. The minimum absolute atomic E-state index is 0.140. The first-order valence-electron chi connectivity index (χ1n) is 9.73. The van der Waals surface area contributed by atoms with Crippen molar-refractivity contribution in [3.8, 4) is 5.75 Å². The molecule has 32 heavy (non-hydrogen) atoms. The van der Waals surface area contributed by atoms with Gasteiger partial charge in [0, 0.05) is 27.7 Å². The predicted octanol–water partition coefficient (Wildman–Crippen LogP) is 0.534. The van der Waals surface area contributed by atoms with E-state index in [0.717, 1.165) is 13.8 Å². The first kappa shape index (κ1) is 24.8. The van der Waals surface area contributed by atoms with Gasteiger partial charge in [-0.3, -0.25) is 24.0 Å². The summed E-state index contributed by atoms with van der Waals surface area (Å²) in [4.78, 5) is 58.2. The molecule has 1 aromatic carbocycles. The molecule has 1 fully saturated rings. The highest BCUT2D eigenvalue weighted by atomic mass is 16.7. The van der Waals surface area contributed by atoms with Crippen molar-refractivity contribution in [3.63, 3.8) is 0 Å². The van der Waals surface area contributed by atoms with Crippen LogP contribution in [0.2, 0.25) is 0 Å². The summed E-state index contributed by atoms with van der Waals surface area (Å²) in [6.45, 7) is 4.34. The molecule has 1 aliphatic heterocycles. The summed E-state index contributed by atoms with van der Waals surface area (Å²) >= 11 is 0. The van der Waals surface area contributed by atoms with E-state index in [-0.39, 0.29) is 17.9 Å². The Morgan fingerprint density at radius 3 is 2.16 bits per heavy atom. The SMILES string of the molecule is CC(=O)N[C@@H]1[C@H](Oc2ccccc2C=O)O[C@@H](COC(C)=O)[C@@H](OC(C)=O)[C@@H]1OC(C)=O. The molecular weight excluding hydrogens is 426 g/mol. The van der Waals surface area contributed by atoms with Gasteiger partial charge in [0.1, 0.15) is 24.5 Å². The van der Waals surface area contributed by atoms with Crippen LogP contribution in [0.15, 0.2) is 24.3 Å². The van der Waals surface area contributed by atoms with Gasteiger partial charge < -0.3 is 29.0 Å². The Bertz CT molecular complexity index is 870. The van der Waals surface area contributed by atoms with Crippen LogP contribution in [0, 0.1) is 0 Å². The van der Waals surface area contributed by atoms with Crippen LogP contribution in [0.4, 0.5) is 0 Å². The Morgan fingerprint density at radius 2 is 1.59 bits per heavy atom. The van der Waals surface area contributed by atoms with Crippen LogP contribution in [-0.2, 0) is 38.1 Å². The minimum Gasteiger partial charge on any atom is -0.463 e. The smallest absolute Gasteiger partial charge is 0.303 e. The van der Waals surface area contributed by atoms with E-state index in [4.69, 9.17) is 23.7 Å². The van der Waals surface area contributed by atoms with E-state index < -0.39 is 54.5 Å². The number of esters is 3. The zero-order valence-corrected chi connectivity index (χ0v) is 18.1. The van der Waals surface area contributed by atoms with Crippen molar-refractivity contribution >= 4 is 30.1 Å². The van der Waals surface area contributed by atoms with Gasteiger partial charge in [-0.1, -0.05) is 12.1 Å². The summed E-state index contributed by atoms with van der Waals surface area (Å²) in [7, 11) is 0. The lowest BCUT2D eigenvalue weighted by atomic mass is 9.96. The first-order valence-corrected chi connectivity index (χ1v) is 9.73. The number of ether oxygens (including phenoxy) is 5. The van der Waals surface area contributed by atoms with E-state index in [1.54, 1.807) is 12.1 Å². The summed E-state index contributed by atoms with van der Waals surface area (Å²) in [5, 5.41) is 2.58. The van der Waals surface area contributed by atoms with Crippen LogP contribution in [-0.4, -0.2) is 67.4 Å². The fraction of sp³-hybridized carbons (Fsp3) is 0.476. The third-order valence-corrected chi connectivity index (χ3v) is 4.36. The van der Waals surface area contributed by atoms with Crippen molar-refractivity contribution in [3.05, 3.63) is 29.8 Å². The van der Waals surface area contributed by atoms with Gasteiger partial charge >= 0.3 is 17.9 Å². The highest BCUT2D eigenvalue weighted by molar-refractivity contribution is 5.79. The Hall–Kier alpha value is -3.47. The van der Waals surface area contributed by atoms with Gasteiger partial charge in [0.15, 0.2) is 18.5 Å². The van der Waals surface area contributed by atoms with Gasteiger partial charge in [0.25, 0.3) is 0 Å². The summed E-state index contributed by atoms with van der Waals surface area (Å²) in [6, 6.07) is 5.15. The van der Waals surface area contributed by atoms with Crippen molar-refractivity contribution in [1.29, 1.82) is 0 Å². The molecule has 11 heteroatoms.